The van der Waals surface area contributed by atoms with E-state index in [4.69, 9.17) is 5.11 Å². The highest BCUT2D eigenvalue weighted by Crippen LogP contribution is 2.32. The van der Waals surface area contributed by atoms with Crippen LogP contribution in [0.2, 0.25) is 0 Å². The first-order valence-electron chi connectivity index (χ1n) is 4.44. The number of hydrogen-bond acceptors (Lipinski definition) is 2. The third-order valence-electron chi connectivity index (χ3n) is 1.88. The van der Waals surface area contributed by atoms with Gasteiger partial charge >= 0.3 is 12.1 Å². The topological polar surface area (TPSA) is 54.4 Å². The predicted octanol–water partition coefficient (Wildman–Crippen LogP) is 2.53. The zero-order valence-electron chi connectivity index (χ0n) is 8.36. The lowest BCUT2D eigenvalue weighted by atomic mass is 10.0. The van der Waals surface area contributed by atoms with E-state index in [1.54, 1.807) is 0 Å². The lowest BCUT2D eigenvalue weighted by Gasteiger charge is -2.09. The van der Waals surface area contributed by atoms with Crippen LogP contribution in [0.1, 0.15) is 15.9 Å². The van der Waals surface area contributed by atoms with Gasteiger partial charge in [0.2, 0.25) is 0 Å². The third kappa shape index (κ3) is 3.44. The minimum absolute atomic E-state index is 0.496. The molecule has 17 heavy (non-hydrogen) atoms. The molecule has 0 bridgehead atoms. The Hall–Kier alpha value is -2.11. The first-order chi connectivity index (χ1) is 7.82. The minimum Gasteiger partial charge on any atom is -0.478 e. The molecule has 0 aliphatic rings. The molecule has 0 heterocycles. The number of allylic oxidation sites excluding steroid dienone is 1. The van der Waals surface area contributed by atoms with Crippen LogP contribution in [-0.4, -0.2) is 16.9 Å². The fourth-order valence-electron chi connectivity index (χ4n) is 1.18. The zero-order chi connectivity index (χ0) is 13.1. The Kier molecular flexibility index (Phi) is 3.67. The van der Waals surface area contributed by atoms with Crippen molar-refractivity contribution in [2.24, 2.45) is 0 Å². The molecule has 1 aromatic rings. The van der Waals surface area contributed by atoms with E-state index in [0.717, 1.165) is 18.2 Å². The quantitative estimate of drug-likeness (QED) is 0.656. The molecular weight excluding hydrogens is 237 g/mol. The number of aliphatic carboxylic acids is 1. The van der Waals surface area contributed by atoms with E-state index in [1.165, 1.54) is 6.07 Å². The van der Waals surface area contributed by atoms with Gasteiger partial charge in [0.15, 0.2) is 5.78 Å². The number of carbonyl (C=O) groups is 2. The van der Waals surface area contributed by atoms with Crippen molar-refractivity contribution in [3.05, 3.63) is 47.5 Å². The Labute approximate surface area is 94.2 Å². The van der Waals surface area contributed by atoms with Gasteiger partial charge in [0.25, 0.3) is 0 Å². The van der Waals surface area contributed by atoms with Crippen LogP contribution in [0.3, 0.4) is 0 Å². The van der Waals surface area contributed by atoms with Crippen LogP contribution in [0.5, 0.6) is 0 Å². The average molecular weight is 244 g/mol. The third-order valence-corrected chi connectivity index (χ3v) is 1.88. The van der Waals surface area contributed by atoms with E-state index in [9.17, 15) is 22.8 Å². The van der Waals surface area contributed by atoms with Gasteiger partial charge in [0.05, 0.1) is 5.56 Å². The number of ketones is 1. The van der Waals surface area contributed by atoms with Gasteiger partial charge < -0.3 is 5.11 Å². The van der Waals surface area contributed by atoms with Crippen LogP contribution >= 0.6 is 0 Å². The number of carbonyl (C=O) groups excluding carboxylic acids is 1. The monoisotopic (exact) mass is 244 g/mol. The maximum absolute atomic E-state index is 12.5. The van der Waals surface area contributed by atoms with Crippen molar-refractivity contribution < 1.29 is 27.9 Å². The molecule has 0 fully saturated rings. The molecule has 0 spiro atoms. The number of hydrogen-bond donors (Lipinski definition) is 1. The average Bonchev–Trinajstić information content (AvgIpc) is 2.24. The van der Waals surface area contributed by atoms with Gasteiger partial charge in [-0.2, -0.15) is 13.2 Å². The van der Waals surface area contributed by atoms with E-state index in [1.807, 2.05) is 0 Å². The van der Waals surface area contributed by atoms with Gasteiger partial charge in [0, 0.05) is 11.6 Å². The summed E-state index contributed by atoms with van der Waals surface area (Å²) < 4.78 is 37.5. The van der Waals surface area contributed by atoms with Gasteiger partial charge in [-0.3, -0.25) is 4.79 Å². The second-order valence-electron chi connectivity index (χ2n) is 3.08. The molecule has 0 unspecified atom stereocenters. The highest BCUT2D eigenvalue weighted by atomic mass is 19.4. The summed E-state index contributed by atoms with van der Waals surface area (Å²) in [5.74, 6) is -2.40. The number of alkyl halides is 3. The van der Waals surface area contributed by atoms with E-state index in [2.05, 4.69) is 0 Å². The molecule has 1 N–H and O–H groups in total. The molecule has 0 saturated carbocycles. The van der Waals surface area contributed by atoms with Crippen molar-refractivity contribution in [1.29, 1.82) is 0 Å². The van der Waals surface area contributed by atoms with Crippen molar-refractivity contribution in [3.8, 4) is 0 Å². The highest BCUT2D eigenvalue weighted by Gasteiger charge is 2.34. The molecule has 90 valence electrons. The molecule has 1 aromatic carbocycles. The maximum atomic E-state index is 12.5. The molecule has 0 saturated heterocycles. The van der Waals surface area contributed by atoms with Gasteiger partial charge in [-0.05, 0) is 12.1 Å². The largest absolute Gasteiger partial charge is 0.478 e. The number of halogens is 3. The van der Waals surface area contributed by atoms with E-state index >= 15 is 0 Å². The van der Waals surface area contributed by atoms with Crippen LogP contribution in [0.25, 0.3) is 0 Å². The van der Waals surface area contributed by atoms with Crippen LogP contribution in [0, 0.1) is 0 Å². The zero-order valence-corrected chi connectivity index (χ0v) is 8.36. The Morgan fingerprint density at radius 2 is 1.71 bits per heavy atom. The van der Waals surface area contributed by atoms with Crippen molar-refractivity contribution in [3.63, 3.8) is 0 Å². The molecule has 1 rings (SSSR count). The number of rotatable bonds is 3. The SMILES string of the molecule is O=C(O)/C=C/C(=O)c1ccccc1C(F)(F)F. The molecule has 0 aliphatic heterocycles. The fraction of sp³-hybridized carbons (Fsp3) is 0.0909. The normalized spacial score (nSPS) is 11.7. The molecule has 0 radical (unpaired) electrons. The maximum Gasteiger partial charge on any atom is 0.417 e. The van der Waals surface area contributed by atoms with E-state index in [-0.39, 0.29) is 0 Å². The number of benzene rings is 1. The lowest BCUT2D eigenvalue weighted by Crippen LogP contribution is -2.12. The summed E-state index contributed by atoms with van der Waals surface area (Å²) in [6, 6.07) is 4.19. The summed E-state index contributed by atoms with van der Waals surface area (Å²) in [5, 5.41) is 8.28. The first-order valence-corrected chi connectivity index (χ1v) is 4.44. The van der Waals surface area contributed by atoms with E-state index in [0.29, 0.717) is 12.2 Å². The van der Waals surface area contributed by atoms with Gasteiger partial charge in [-0.15, -0.1) is 0 Å². The summed E-state index contributed by atoms with van der Waals surface area (Å²) in [7, 11) is 0. The first kappa shape index (κ1) is 13.0. The Bertz CT molecular complexity index is 475. The van der Waals surface area contributed by atoms with Crippen molar-refractivity contribution in [2.45, 2.75) is 6.18 Å². The lowest BCUT2D eigenvalue weighted by molar-refractivity contribution is -0.138. The van der Waals surface area contributed by atoms with Crippen LogP contribution in [-0.2, 0) is 11.0 Å². The van der Waals surface area contributed by atoms with E-state index < -0.39 is 29.1 Å². The molecule has 6 heteroatoms. The number of carboxylic acids is 1. The van der Waals surface area contributed by atoms with Crippen molar-refractivity contribution in [2.75, 3.05) is 0 Å². The summed E-state index contributed by atoms with van der Waals surface area (Å²) in [4.78, 5) is 21.5. The molecule has 3 nitrogen and oxygen atoms in total. The molecule has 0 amide bonds. The fourth-order valence-corrected chi connectivity index (χ4v) is 1.18. The van der Waals surface area contributed by atoms with Crippen LogP contribution in [0.4, 0.5) is 13.2 Å². The van der Waals surface area contributed by atoms with Crippen molar-refractivity contribution in [1.82, 2.24) is 0 Å². The minimum atomic E-state index is -4.65. The summed E-state index contributed by atoms with van der Waals surface area (Å²) >= 11 is 0. The van der Waals surface area contributed by atoms with Crippen molar-refractivity contribution >= 4 is 11.8 Å². The molecule has 0 aliphatic carbocycles. The smallest absolute Gasteiger partial charge is 0.417 e. The Morgan fingerprint density at radius 3 is 2.24 bits per heavy atom. The van der Waals surface area contributed by atoms with Crippen LogP contribution in [0.15, 0.2) is 36.4 Å². The predicted molar refractivity (Wildman–Crippen MR) is 52.6 cm³/mol. The van der Waals surface area contributed by atoms with Gasteiger partial charge in [-0.25, -0.2) is 4.79 Å². The highest BCUT2D eigenvalue weighted by molar-refractivity contribution is 6.07. The summed E-state index contributed by atoms with van der Waals surface area (Å²) in [5.41, 5.74) is -1.66. The van der Waals surface area contributed by atoms with Gasteiger partial charge in [-0.1, -0.05) is 18.2 Å². The number of carboxylic acid groups (broad SMARTS) is 1. The molecule has 0 atom stereocenters. The Morgan fingerprint density at radius 1 is 1.12 bits per heavy atom. The van der Waals surface area contributed by atoms with Crippen LogP contribution < -0.4 is 0 Å². The molecule has 0 aromatic heterocycles. The summed E-state index contributed by atoms with van der Waals surface area (Å²) in [6.07, 6.45) is -3.56. The second-order valence-corrected chi connectivity index (χ2v) is 3.08. The standard InChI is InChI=1S/C11H7F3O3/c12-11(13,14)8-4-2-1-3-7(8)9(15)5-6-10(16)17/h1-6H,(H,16,17)/b6-5+. The summed E-state index contributed by atoms with van der Waals surface area (Å²) in [6.45, 7) is 0. The molecular formula is C11H7F3O3. The second kappa shape index (κ2) is 4.82. The van der Waals surface area contributed by atoms with Gasteiger partial charge in [0.1, 0.15) is 0 Å². The Balaban J connectivity index is 3.15.